The molecule has 9 nitrogen and oxygen atoms in total. The number of rotatable bonds is 3. The van der Waals surface area contributed by atoms with E-state index in [1.807, 2.05) is 0 Å². The quantitative estimate of drug-likeness (QED) is 0.550. The number of aromatic nitrogens is 5. The van der Waals surface area contributed by atoms with E-state index >= 15 is 0 Å². The molecule has 0 bridgehead atoms. The van der Waals surface area contributed by atoms with Crippen molar-refractivity contribution in [2.75, 3.05) is 0 Å². The number of phenols is 1. The Hall–Kier alpha value is -3.36. The fourth-order valence-corrected chi connectivity index (χ4v) is 1.72. The molecule has 0 aliphatic carbocycles. The molecule has 0 amide bonds. The van der Waals surface area contributed by atoms with Gasteiger partial charge in [-0.25, -0.2) is 15.0 Å². The van der Waals surface area contributed by atoms with Gasteiger partial charge in [0.2, 0.25) is 0 Å². The van der Waals surface area contributed by atoms with Gasteiger partial charge < -0.3 is 5.11 Å². The standard InChI is InChI=1S/C12H8N6O3/c19-9-3-2-7(18(20)21)6-8(9)10-15-12(17-16-10)11-13-4-1-5-14-11/h1-6,19H,(H,15,16,17). The van der Waals surface area contributed by atoms with Gasteiger partial charge in [-0.15, -0.1) is 0 Å². The lowest BCUT2D eigenvalue weighted by Crippen LogP contribution is -1.90. The first-order chi connectivity index (χ1) is 10.1. The Balaban J connectivity index is 2.04. The summed E-state index contributed by atoms with van der Waals surface area (Å²) in [6.07, 6.45) is 3.10. The van der Waals surface area contributed by atoms with Gasteiger partial charge in [0.05, 0.1) is 10.5 Å². The minimum absolute atomic E-state index is 0.124. The first kappa shape index (κ1) is 12.7. The lowest BCUT2D eigenvalue weighted by atomic mass is 10.1. The molecule has 0 aliphatic rings. The van der Waals surface area contributed by atoms with Gasteiger partial charge in [0.25, 0.3) is 5.69 Å². The SMILES string of the molecule is O=[N+]([O-])c1ccc(O)c(-c2n[nH]c(-c3ncccn3)n2)c1. The van der Waals surface area contributed by atoms with Crippen LogP contribution in [-0.4, -0.2) is 35.2 Å². The van der Waals surface area contributed by atoms with Gasteiger partial charge in [-0.1, -0.05) is 0 Å². The Bertz CT molecular complexity index is 802. The largest absolute Gasteiger partial charge is 0.507 e. The molecule has 0 fully saturated rings. The number of benzene rings is 1. The fourth-order valence-electron chi connectivity index (χ4n) is 1.72. The van der Waals surface area contributed by atoms with Crippen LogP contribution in [0.3, 0.4) is 0 Å². The number of nitrogens with zero attached hydrogens (tertiary/aromatic N) is 5. The van der Waals surface area contributed by atoms with Gasteiger partial charge >= 0.3 is 0 Å². The van der Waals surface area contributed by atoms with Crippen LogP contribution in [0.25, 0.3) is 23.0 Å². The molecule has 2 heterocycles. The summed E-state index contributed by atoms with van der Waals surface area (Å²) in [5.74, 6) is 0.608. The van der Waals surface area contributed by atoms with Crippen LogP contribution in [0.4, 0.5) is 5.69 Å². The van der Waals surface area contributed by atoms with Crippen LogP contribution >= 0.6 is 0 Å². The lowest BCUT2D eigenvalue weighted by Gasteiger charge is -1.99. The van der Waals surface area contributed by atoms with Crippen molar-refractivity contribution in [3.8, 4) is 28.8 Å². The summed E-state index contributed by atoms with van der Waals surface area (Å²) < 4.78 is 0. The summed E-state index contributed by atoms with van der Waals surface area (Å²) in [5.41, 5.74) is -0.00672. The van der Waals surface area contributed by atoms with Crippen molar-refractivity contribution < 1.29 is 10.0 Å². The molecule has 0 radical (unpaired) electrons. The Kier molecular flexibility index (Phi) is 2.99. The number of aromatic amines is 1. The molecule has 0 aliphatic heterocycles. The summed E-state index contributed by atoms with van der Waals surface area (Å²) in [6, 6.07) is 5.29. The Morgan fingerprint density at radius 2 is 1.95 bits per heavy atom. The van der Waals surface area contributed by atoms with Crippen molar-refractivity contribution in [1.29, 1.82) is 0 Å². The molecule has 0 unspecified atom stereocenters. The normalized spacial score (nSPS) is 10.5. The van der Waals surface area contributed by atoms with Crippen molar-refractivity contribution in [3.05, 3.63) is 46.8 Å². The maximum Gasteiger partial charge on any atom is 0.270 e. The lowest BCUT2D eigenvalue weighted by molar-refractivity contribution is -0.384. The second-order valence-corrected chi connectivity index (χ2v) is 4.04. The molecular formula is C12H8N6O3. The van der Waals surface area contributed by atoms with E-state index in [1.165, 1.54) is 18.2 Å². The molecule has 1 aromatic carbocycles. The molecule has 2 aromatic heterocycles. The number of nitrogens with one attached hydrogen (secondary N) is 1. The summed E-state index contributed by atoms with van der Waals surface area (Å²) in [6.45, 7) is 0. The van der Waals surface area contributed by atoms with E-state index in [1.54, 1.807) is 18.5 Å². The highest BCUT2D eigenvalue weighted by atomic mass is 16.6. The van der Waals surface area contributed by atoms with Crippen LogP contribution < -0.4 is 0 Å². The van der Waals surface area contributed by atoms with E-state index < -0.39 is 4.92 Å². The minimum atomic E-state index is -0.559. The highest BCUT2D eigenvalue weighted by Gasteiger charge is 2.16. The fraction of sp³-hybridized carbons (Fsp3) is 0. The summed E-state index contributed by atoms with van der Waals surface area (Å²) in [7, 11) is 0. The Morgan fingerprint density at radius 3 is 2.67 bits per heavy atom. The zero-order valence-electron chi connectivity index (χ0n) is 10.5. The van der Waals surface area contributed by atoms with Crippen molar-refractivity contribution >= 4 is 5.69 Å². The van der Waals surface area contributed by atoms with Crippen LogP contribution in [0.2, 0.25) is 0 Å². The summed E-state index contributed by atoms with van der Waals surface area (Å²) in [4.78, 5) is 22.4. The van der Waals surface area contributed by atoms with Crippen LogP contribution in [0.1, 0.15) is 0 Å². The third-order valence-electron chi connectivity index (χ3n) is 2.69. The van der Waals surface area contributed by atoms with Gasteiger partial charge in [0.1, 0.15) is 5.75 Å². The summed E-state index contributed by atoms with van der Waals surface area (Å²) >= 11 is 0. The third kappa shape index (κ3) is 2.39. The van der Waals surface area contributed by atoms with E-state index in [0.717, 1.165) is 0 Å². The molecular weight excluding hydrogens is 276 g/mol. The van der Waals surface area contributed by atoms with E-state index in [-0.39, 0.29) is 22.8 Å². The Labute approximate surface area is 117 Å². The van der Waals surface area contributed by atoms with Crippen LogP contribution in [0.15, 0.2) is 36.7 Å². The predicted octanol–water partition coefficient (Wildman–Crippen LogP) is 1.54. The Morgan fingerprint density at radius 1 is 1.19 bits per heavy atom. The van der Waals surface area contributed by atoms with Gasteiger partial charge in [-0.3, -0.25) is 15.2 Å². The minimum Gasteiger partial charge on any atom is -0.507 e. The van der Waals surface area contributed by atoms with E-state index in [0.29, 0.717) is 11.6 Å². The zero-order valence-corrected chi connectivity index (χ0v) is 10.5. The number of hydrogen-bond donors (Lipinski definition) is 2. The van der Waals surface area contributed by atoms with Gasteiger partial charge in [-0.2, -0.15) is 5.10 Å². The third-order valence-corrected chi connectivity index (χ3v) is 2.69. The molecule has 2 N–H and O–H groups in total. The monoisotopic (exact) mass is 284 g/mol. The first-order valence-electron chi connectivity index (χ1n) is 5.83. The molecule has 9 heteroatoms. The van der Waals surface area contributed by atoms with Crippen LogP contribution in [0.5, 0.6) is 5.75 Å². The smallest absolute Gasteiger partial charge is 0.270 e. The predicted molar refractivity (Wildman–Crippen MR) is 71.2 cm³/mol. The number of non-ortho nitro benzene ring substituents is 1. The number of H-pyrrole nitrogens is 1. The maximum absolute atomic E-state index is 10.8. The van der Waals surface area contributed by atoms with E-state index in [2.05, 4.69) is 25.1 Å². The van der Waals surface area contributed by atoms with E-state index in [9.17, 15) is 15.2 Å². The molecule has 104 valence electrons. The number of nitro benzene ring substituents is 1. The molecule has 3 aromatic rings. The maximum atomic E-state index is 10.8. The molecule has 0 atom stereocenters. The number of phenolic OH excluding ortho intramolecular Hbond substituents is 1. The van der Waals surface area contributed by atoms with Gasteiger partial charge in [-0.05, 0) is 12.1 Å². The average Bonchev–Trinajstić information content (AvgIpc) is 2.98. The zero-order chi connectivity index (χ0) is 14.8. The van der Waals surface area contributed by atoms with Crippen molar-refractivity contribution in [1.82, 2.24) is 25.1 Å². The van der Waals surface area contributed by atoms with Crippen LogP contribution in [-0.2, 0) is 0 Å². The second kappa shape index (κ2) is 4.96. The summed E-state index contributed by atoms with van der Waals surface area (Å²) in [5, 5.41) is 27.1. The molecule has 3 rings (SSSR count). The number of nitro groups is 1. The highest BCUT2D eigenvalue weighted by Crippen LogP contribution is 2.30. The van der Waals surface area contributed by atoms with Gasteiger partial charge in [0, 0.05) is 24.5 Å². The average molecular weight is 284 g/mol. The van der Waals surface area contributed by atoms with Crippen LogP contribution in [0, 0.1) is 10.1 Å². The number of aromatic hydroxyl groups is 1. The van der Waals surface area contributed by atoms with Crippen molar-refractivity contribution in [2.24, 2.45) is 0 Å². The number of hydrogen-bond acceptors (Lipinski definition) is 7. The second-order valence-electron chi connectivity index (χ2n) is 4.04. The first-order valence-corrected chi connectivity index (χ1v) is 5.83. The highest BCUT2D eigenvalue weighted by molar-refractivity contribution is 5.68. The molecule has 0 spiro atoms. The molecule has 21 heavy (non-hydrogen) atoms. The molecule has 0 saturated heterocycles. The van der Waals surface area contributed by atoms with E-state index in [4.69, 9.17) is 0 Å². The van der Waals surface area contributed by atoms with Crippen molar-refractivity contribution in [3.63, 3.8) is 0 Å². The van der Waals surface area contributed by atoms with Crippen molar-refractivity contribution in [2.45, 2.75) is 0 Å². The van der Waals surface area contributed by atoms with Gasteiger partial charge in [0.15, 0.2) is 17.5 Å². The topological polar surface area (TPSA) is 131 Å². The molecule has 0 saturated carbocycles.